The SMILES string of the molecule is COc1ccc(-n2c(SCCc3ccccc3)nc3sc4c(c3c2=O)CC[C@@H](C(C)(C)C)C4)cc1. The van der Waals surface area contributed by atoms with Gasteiger partial charge in [-0.2, -0.15) is 0 Å². The smallest absolute Gasteiger partial charge is 0.267 e. The Labute approximate surface area is 215 Å². The van der Waals surface area contributed by atoms with Crippen molar-refractivity contribution in [3.8, 4) is 11.4 Å². The van der Waals surface area contributed by atoms with E-state index in [1.807, 2.05) is 30.3 Å². The van der Waals surface area contributed by atoms with Crippen LogP contribution in [0.1, 0.15) is 43.2 Å². The Balaban J connectivity index is 1.57. The van der Waals surface area contributed by atoms with Crippen LogP contribution >= 0.6 is 23.1 Å². The minimum Gasteiger partial charge on any atom is -0.497 e. The minimum atomic E-state index is 0.0501. The number of fused-ring (bicyclic) bond motifs is 3. The van der Waals surface area contributed by atoms with Crippen LogP contribution in [0.5, 0.6) is 5.75 Å². The molecule has 0 bridgehead atoms. The fraction of sp³-hybridized carbons (Fsp3) is 0.379. The van der Waals surface area contributed by atoms with Gasteiger partial charge in [0.1, 0.15) is 10.6 Å². The van der Waals surface area contributed by atoms with Gasteiger partial charge in [0.05, 0.1) is 18.2 Å². The van der Waals surface area contributed by atoms with E-state index in [2.05, 4.69) is 45.0 Å². The molecule has 0 saturated heterocycles. The molecule has 6 heteroatoms. The number of hydrogen-bond donors (Lipinski definition) is 0. The van der Waals surface area contributed by atoms with Crippen molar-refractivity contribution in [3.05, 3.63) is 81.0 Å². The number of ether oxygens (including phenoxy) is 1. The molecule has 4 aromatic rings. The third-order valence-corrected chi connectivity index (χ3v) is 9.16. The number of aromatic nitrogens is 2. The van der Waals surface area contributed by atoms with Gasteiger partial charge in [-0.05, 0) is 72.4 Å². The molecule has 2 heterocycles. The first-order valence-corrected chi connectivity index (χ1v) is 14.0. The lowest BCUT2D eigenvalue weighted by Crippen LogP contribution is -2.27. The zero-order chi connectivity index (χ0) is 24.6. The summed E-state index contributed by atoms with van der Waals surface area (Å²) in [7, 11) is 1.65. The summed E-state index contributed by atoms with van der Waals surface area (Å²) >= 11 is 3.38. The van der Waals surface area contributed by atoms with Crippen LogP contribution in [0, 0.1) is 11.3 Å². The van der Waals surface area contributed by atoms with Crippen molar-refractivity contribution < 1.29 is 4.74 Å². The number of nitrogens with zero attached hydrogens (tertiary/aromatic N) is 2. The topological polar surface area (TPSA) is 44.1 Å². The standard InChI is InChI=1S/C29H32N2O2S2/c1-29(2,3)20-10-15-23-24(18-20)35-26-25(23)27(32)31(21-11-13-22(33-4)14-12-21)28(30-26)34-17-16-19-8-6-5-7-9-19/h5-9,11-14,20H,10,15-18H2,1-4H3/t20-/m1/s1. The van der Waals surface area contributed by atoms with Crippen molar-refractivity contribution in [1.29, 1.82) is 0 Å². The summed E-state index contributed by atoms with van der Waals surface area (Å²) in [5.41, 5.74) is 3.67. The summed E-state index contributed by atoms with van der Waals surface area (Å²) in [4.78, 5) is 21.4. The molecular formula is C29H32N2O2S2. The highest BCUT2D eigenvalue weighted by Gasteiger charge is 2.32. The second-order valence-electron chi connectivity index (χ2n) is 10.3. The largest absolute Gasteiger partial charge is 0.497 e. The van der Waals surface area contributed by atoms with Crippen molar-refractivity contribution in [2.45, 2.75) is 51.6 Å². The quantitative estimate of drug-likeness (QED) is 0.211. The molecule has 0 saturated carbocycles. The maximum absolute atomic E-state index is 14.0. The Bertz CT molecular complexity index is 1380. The summed E-state index contributed by atoms with van der Waals surface area (Å²) in [5.74, 6) is 2.26. The van der Waals surface area contributed by atoms with Gasteiger partial charge in [0, 0.05) is 10.6 Å². The van der Waals surface area contributed by atoms with Gasteiger partial charge in [-0.3, -0.25) is 9.36 Å². The highest BCUT2D eigenvalue weighted by atomic mass is 32.2. The van der Waals surface area contributed by atoms with Crippen molar-refractivity contribution in [3.63, 3.8) is 0 Å². The molecule has 1 aliphatic rings. The number of rotatable bonds is 6. The highest BCUT2D eigenvalue weighted by molar-refractivity contribution is 7.99. The van der Waals surface area contributed by atoms with Crippen LogP contribution in [0.4, 0.5) is 0 Å². The molecule has 0 unspecified atom stereocenters. The molecule has 0 N–H and O–H groups in total. The number of benzene rings is 2. The predicted molar refractivity (Wildman–Crippen MR) is 148 cm³/mol. The lowest BCUT2D eigenvalue weighted by Gasteiger charge is -2.33. The average molecular weight is 505 g/mol. The van der Waals surface area contributed by atoms with Gasteiger partial charge in [-0.25, -0.2) is 4.98 Å². The molecule has 2 aromatic carbocycles. The molecule has 4 nitrogen and oxygen atoms in total. The second kappa shape index (κ2) is 9.82. The zero-order valence-corrected chi connectivity index (χ0v) is 22.5. The predicted octanol–water partition coefficient (Wildman–Crippen LogP) is 6.94. The Morgan fingerprint density at radius 3 is 2.54 bits per heavy atom. The first-order valence-electron chi connectivity index (χ1n) is 12.2. The normalized spacial score (nSPS) is 15.8. The van der Waals surface area contributed by atoms with E-state index < -0.39 is 0 Å². The van der Waals surface area contributed by atoms with Crippen LogP contribution in [-0.4, -0.2) is 22.4 Å². The molecule has 0 radical (unpaired) electrons. The molecule has 0 fully saturated rings. The van der Waals surface area contributed by atoms with E-state index >= 15 is 0 Å². The summed E-state index contributed by atoms with van der Waals surface area (Å²) in [5, 5.41) is 1.58. The van der Waals surface area contributed by atoms with E-state index in [9.17, 15) is 4.79 Å². The fourth-order valence-corrected chi connectivity index (χ4v) is 7.25. The molecule has 182 valence electrons. The molecule has 5 rings (SSSR count). The van der Waals surface area contributed by atoms with E-state index in [1.165, 1.54) is 16.0 Å². The van der Waals surface area contributed by atoms with Crippen LogP contribution in [0.3, 0.4) is 0 Å². The zero-order valence-electron chi connectivity index (χ0n) is 20.8. The van der Waals surface area contributed by atoms with Gasteiger partial charge >= 0.3 is 0 Å². The van der Waals surface area contributed by atoms with Crippen LogP contribution in [0.15, 0.2) is 64.5 Å². The molecule has 35 heavy (non-hydrogen) atoms. The summed E-state index contributed by atoms with van der Waals surface area (Å²) in [6.45, 7) is 6.98. The van der Waals surface area contributed by atoms with E-state index in [0.29, 0.717) is 5.92 Å². The Kier molecular flexibility index (Phi) is 6.78. The van der Waals surface area contributed by atoms with Gasteiger partial charge in [-0.1, -0.05) is 62.9 Å². The van der Waals surface area contributed by atoms with E-state index in [0.717, 1.165) is 58.2 Å². The van der Waals surface area contributed by atoms with E-state index in [-0.39, 0.29) is 11.0 Å². The van der Waals surface area contributed by atoms with Crippen molar-refractivity contribution in [1.82, 2.24) is 9.55 Å². The molecule has 1 atom stereocenters. The van der Waals surface area contributed by atoms with Gasteiger partial charge < -0.3 is 4.74 Å². The monoisotopic (exact) mass is 504 g/mol. The van der Waals surface area contributed by atoms with Crippen LogP contribution < -0.4 is 10.3 Å². The third kappa shape index (κ3) is 4.91. The number of hydrogen-bond acceptors (Lipinski definition) is 5. The highest BCUT2D eigenvalue weighted by Crippen LogP contribution is 2.42. The summed E-state index contributed by atoms with van der Waals surface area (Å²) in [6.07, 6.45) is 4.05. The number of aryl methyl sites for hydroxylation is 2. The maximum atomic E-state index is 14.0. The minimum absolute atomic E-state index is 0.0501. The number of thiophene rings is 1. The van der Waals surface area contributed by atoms with Gasteiger partial charge in [0.2, 0.25) is 0 Å². The second-order valence-corrected chi connectivity index (χ2v) is 12.5. The summed E-state index contributed by atoms with van der Waals surface area (Å²) < 4.78 is 7.15. The first-order chi connectivity index (χ1) is 16.8. The van der Waals surface area contributed by atoms with Crippen molar-refractivity contribution in [2.24, 2.45) is 11.3 Å². The summed E-state index contributed by atoms with van der Waals surface area (Å²) in [6, 6.07) is 18.2. The van der Waals surface area contributed by atoms with E-state index in [1.54, 1.807) is 34.8 Å². The van der Waals surface area contributed by atoms with Crippen molar-refractivity contribution >= 4 is 33.3 Å². The van der Waals surface area contributed by atoms with Gasteiger partial charge in [0.15, 0.2) is 5.16 Å². The Hall–Kier alpha value is -2.57. The molecule has 0 aliphatic heterocycles. The van der Waals surface area contributed by atoms with Crippen LogP contribution in [-0.2, 0) is 19.3 Å². The molecule has 0 spiro atoms. The maximum Gasteiger partial charge on any atom is 0.267 e. The molecule has 0 amide bonds. The van der Waals surface area contributed by atoms with Gasteiger partial charge in [-0.15, -0.1) is 11.3 Å². The molecule has 2 aromatic heterocycles. The van der Waals surface area contributed by atoms with Crippen LogP contribution in [0.25, 0.3) is 15.9 Å². The number of thioether (sulfide) groups is 1. The average Bonchev–Trinajstić information content (AvgIpc) is 3.22. The lowest BCUT2D eigenvalue weighted by atomic mass is 9.72. The van der Waals surface area contributed by atoms with Crippen LogP contribution in [0.2, 0.25) is 0 Å². The fourth-order valence-electron chi connectivity index (χ4n) is 4.91. The molecule has 1 aliphatic carbocycles. The van der Waals surface area contributed by atoms with Gasteiger partial charge in [0.25, 0.3) is 5.56 Å². The third-order valence-electron chi connectivity index (χ3n) is 7.07. The Morgan fingerprint density at radius 2 is 1.86 bits per heavy atom. The van der Waals surface area contributed by atoms with Crippen molar-refractivity contribution in [2.75, 3.05) is 12.9 Å². The lowest BCUT2D eigenvalue weighted by molar-refractivity contribution is 0.218. The van der Waals surface area contributed by atoms with E-state index in [4.69, 9.17) is 9.72 Å². The Morgan fingerprint density at radius 1 is 1.11 bits per heavy atom. The first kappa shape index (κ1) is 24.1. The number of methoxy groups -OCH3 is 1. The molecular weight excluding hydrogens is 472 g/mol.